The molecule has 0 radical (unpaired) electrons. The van der Waals surface area contributed by atoms with Crippen LogP contribution in [0.25, 0.3) is 10.9 Å². The Bertz CT molecular complexity index is 769. The lowest BCUT2D eigenvalue weighted by Crippen LogP contribution is -2.44. The van der Waals surface area contributed by atoms with Gasteiger partial charge in [-0.25, -0.2) is 0 Å². The Morgan fingerprint density at radius 3 is 3.04 bits per heavy atom. The highest BCUT2D eigenvalue weighted by atomic mass is 16.5. The predicted molar refractivity (Wildman–Crippen MR) is 94.1 cm³/mol. The molecule has 1 aliphatic heterocycles. The Balaban J connectivity index is 1.70. The van der Waals surface area contributed by atoms with Gasteiger partial charge in [-0.2, -0.15) is 0 Å². The van der Waals surface area contributed by atoms with Gasteiger partial charge in [-0.05, 0) is 36.8 Å². The van der Waals surface area contributed by atoms with Gasteiger partial charge in [-0.15, -0.1) is 0 Å². The minimum Gasteiger partial charge on any atom is -0.376 e. The Labute approximate surface area is 141 Å². The molecule has 1 aromatic carbocycles. The Hall–Kier alpha value is -2.14. The number of piperidine rings is 1. The van der Waals surface area contributed by atoms with Crippen molar-refractivity contribution >= 4 is 16.8 Å². The van der Waals surface area contributed by atoms with Crippen molar-refractivity contribution < 1.29 is 9.53 Å². The second kappa shape index (κ2) is 7.62. The highest BCUT2D eigenvalue weighted by molar-refractivity contribution is 5.82. The number of fused-ring (bicyclic) bond motifs is 1. The number of hydrogen-bond acceptors (Lipinski definition) is 3. The van der Waals surface area contributed by atoms with Crippen molar-refractivity contribution in [2.24, 2.45) is 0 Å². The van der Waals surface area contributed by atoms with Crippen LogP contribution in [0.1, 0.15) is 31.7 Å². The highest BCUT2D eigenvalue weighted by Crippen LogP contribution is 2.16. The van der Waals surface area contributed by atoms with Crippen molar-refractivity contribution in [2.45, 2.75) is 38.7 Å². The smallest absolute Gasteiger partial charge is 0.252 e. The second-order valence-electron chi connectivity index (χ2n) is 6.36. The number of benzene rings is 1. The van der Waals surface area contributed by atoms with Crippen LogP contribution in [0.2, 0.25) is 0 Å². The normalized spacial score (nSPS) is 18.0. The summed E-state index contributed by atoms with van der Waals surface area (Å²) < 4.78 is 5.78. The van der Waals surface area contributed by atoms with E-state index in [1.165, 1.54) is 0 Å². The van der Waals surface area contributed by atoms with E-state index in [1.807, 2.05) is 35.2 Å². The van der Waals surface area contributed by atoms with Crippen LogP contribution < -0.4 is 5.56 Å². The van der Waals surface area contributed by atoms with E-state index in [1.54, 1.807) is 0 Å². The second-order valence-corrected chi connectivity index (χ2v) is 6.36. The van der Waals surface area contributed by atoms with Crippen molar-refractivity contribution in [1.82, 2.24) is 9.88 Å². The first-order valence-corrected chi connectivity index (χ1v) is 8.67. The number of amides is 1. The summed E-state index contributed by atoms with van der Waals surface area (Å²) in [4.78, 5) is 29.5. The molecule has 0 bridgehead atoms. The first kappa shape index (κ1) is 16.7. The van der Waals surface area contributed by atoms with E-state index >= 15 is 0 Å². The van der Waals surface area contributed by atoms with Crippen LogP contribution in [0, 0.1) is 0 Å². The largest absolute Gasteiger partial charge is 0.376 e. The van der Waals surface area contributed by atoms with E-state index in [0.717, 1.165) is 43.3 Å². The summed E-state index contributed by atoms with van der Waals surface area (Å²) in [5.41, 5.74) is 1.14. The molecule has 0 spiro atoms. The molecule has 0 unspecified atom stereocenters. The Morgan fingerprint density at radius 1 is 1.38 bits per heavy atom. The van der Waals surface area contributed by atoms with Crippen molar-refractivity contribution in [1.29, 1.82) is 0 Å². The van der Waals surface area contributed by atoms with Crippen molar-refractivity contribution in [3.8, 4) is 0 Å². The van der Waals surface area contributed by atoms with Crippen LogP contribution in [-0.4, -0.2) is 41.6 Å². The summed E-state index contributed by atoms with van der Waals surface area (Å²) >= 11 is 0. The maximum atomic E-state index is 12.6. The number of aromatic nitrogens is 1. The lowest BCUT2D eigenvalue weighted by Gasteiger charge is -2.32. The van der Waals surface area contributed by atoms with Gasteiger partial charge in [0, 0.05) is 30.8 Å². The van der Waals surface area contributed by atoms with Crippen molar-refractivity contribution in [3.63, 3.8) is 0 Å². The zero-order valence-electron chi connectivity index (χ0n) is 14.1. The summed E-state index contributed by atoms with van der Waals surface area (Å²) in [7, 11) is 0. The minimum atomic E-state index is -0.183. The van der Waals surface area contributed by atoms with Gasteiger partial charge in [0.2, 0.25) is 5.91 Å². The van der Waals surface area contributed by atoms with Gasteiger partial charge in [0.15, 0.2) is 0 Å². The number of pyridine rings is 1. The van der Waals surface area contributed by atoms with E-state index in [-0.39, 0.29) is 24.0 Å². The molecule has 128 valence electrons. The monoisotopic (exact) mass is 328 g/mol. The number of carbonyl (C=O) groups excluding carboxylic acids is 1. The number of likely N-dealkylation sites (tertiary alicyclic amines) is 1. The number of hydrogen-bond donors (Lipinski definition) is 1. The molecule has 24 heavy (non-hydrogen) atoms. The van der Waals surface area contributed by atoms with Crippen LogP contribution in [0.5, 0.6) is 0 Å². The molecule has 1 saturated heterocycles. The minimum absolute atomic E-state index is 0.000537. The van der Waals surface area contributed by atoms with Crippen LogP contribution >= 0.6 is 0 Å². The van der Waals surface area contributed by atoms with Crippen LogP contribution in [0.3, 0.4) is 0 Å². The lowest BCUT2D eigenvalue weighted by molar-refractivity contribution is -0.134. The number of aromatic amines is 1. The molecule has 1 atom stereocenters. The fourth-order valence-corrected chi connectivity index (χ4v) is 3.18. The summed E-state index contributed by atoms with van der Waals surface area (Å²) in [6.07, 6.45) is 3.20. The molecule has 1 fully saturated rings. The molecule has 2 heterocycles. The fraction of sp³-hybridized carbons (Fsp3) is 0.474. The number of nitrogens with zero attached hydrogens (tertiary/aromatic N) is 1. The van der Waals surface area contributed by atoms with Gasteiger partial charge >= 0.3 is 0 Å². The number of para-hydroxylation sites is 1. The van der Waals surface area contributed by atoms with Gasteiger partial charge < -0.3 is 14.6 Å². The SMILES string of the molecule is CCCO[C@@H]1CCCN(C(=O)Cc2cc3ccccc3[nH]c2=O)C1. The molecule has 2 aromatic rings. The highest BCUT2D eigenvalue weighted by Gasteiger charge is 2.24. The zero-order valence-corrected chi connectivity index (χ0v) is 14.1. The van der Waals surface area contributed by atoms with Crippen LogP contribution in [0.15, 0.2) is 35.1 Å². The number of H-pyrrole nitrogens is 1. The fourth-order valence-electron chi connectivity index (χ4n) is 3.18. The first-order chi connectivity index (χ1) is 11.7. The maximum Gasteiger partial charge on any atom is 0.252 e. The zero-order chi connectivity index (χ0) is 16.9. The third kappa shape index (κ3) is 3.85. The molecule has 0 saturated carbocycles. The van der Waals surface area contributed by atoms with Gasteiger partial charge in [-0.3, -0.25) is 9.59 Å². The molecule has 1 amide bonds. The topological polar surface area (TPSA) is 62.4 Å². The molecule has 0 aliphatic carbocycles. The molecule has 1 aliphatic rings. The van der Waals surface area contributed by atoms with Gasteiger partial charge in [0.1, 0.15) is 0 Å². The molecule has 5 heteroatoms. The summed E-state index contributed by atoms with van der Waals surface area (Å²) in [5.74, 6) is 0.000537. The van der Waals surface area contributed by atoms with E-state index in [9.17, 15) is 9.59 Å². The van der Waals surface area contributed by atoms with Gasteiger partial charge in [0.05, 0.1) is 12.5 Å². The Morgan fingerprint density at radius 2 is 2.21 bits per heavy atom. The molecular formula is C19H24N2O3. The average Bonchev–Trinajstić information content (AvgIpc) is 2.60. The molecular weight excluding hydrogens is 304 g/mol. The van der Waals surface area contributed by atoms with E-state index < -0.39 is 0 Å². The standard InChI is InChI=1S/C19H24N2O3/c1-2-10-24-16-7-5-9-21(13-16)18(22)12-15-11-14-6-3-4-8-17(14)20-19(15)23/h3-4,6,8,11,16H,2,5,7,9-10,12-13H2,1H3,(H,20,23)/t16-/m1/s1. The third-order valence-corrected chi connectivity index (χ3v) is 4.46. The quantitative estimate of drug-likeness (QED) is 0.917. The third-order valence-electron chi connectivity index (χ3n) is 4.46. The number of rotatable bonds is 5. The van der Waals surface area contributed by atoms with Crippen LogP contribution in [-0.2, 0) is 16.0 Å². The van der Waals surface area contributed by atoms with E-state index in [0.29, 0.717) is 12.1 Å². The van der Waals surface area contributed by atoms with E-state index in [2.05, 4.69) is 11.9 Å². The maximum absolute atomic E-state index is 12.6. The summed E-state index contributed by atoms with van der Waals surface area (Å²) in [6, 6.07) is 9.43. The average molecular weight is 328 g/mol. The summed E-state index contributed by atoms with van der Waals surface area (Å²) in [5, 5.41) is 0.947. The van der Waals surface area contributed by atoms with Gasteiger partial charge in [0.25, 0.3) is 5.56 Å². The first-order valence-electron chi connectivity index (χ1n) is 8.67. The lowest BCUT2D eigenvalue weighted by atomic mass is 10.1. The van der Waals surface area contributed by atoms with Crippen LogP contribution in [0.4, 0.5) is 0 Å². The number of ether oxygens (including phenoxy) is 1. The molecule has 1 N–H and O–H groups in total. The molecule has 3 rings (SSSR count). The summed E-state index contributed by atoms with van der Waals surface area (Å²) in [6.45, 7) is 4.19. The van der Waals surface area contributed by atoms with Crippen molar-refractivity contribution in [3.05, 3.63) is 46.2 Å². The number of carbonyl (C=O) groups is 1. The number of nitrogens with one attached hydrogen (secondary N) is 1. The van der Waals surface area contributed by atoms with E-state index in [4.69, 9.17) is 4.74 Å². The molecule has 1 aromatic heterocycles. The van der Waals surface area contributed by atoms with Crippen molar-refractivity contribution in [2.75, 3.05) is 19.7 Å². The van der Waals surface area contributed by atoms with Gasteiger partial charge in [-0.1, -0.05) is 25.1 Å². The Kier molecular flexibility index (Phi) is 5.30. The molecule has 5 nitrogen and oxygen atoms in total. The predicted octanol–water partition coefficient (Wildman–Crippen LogP) is 2.49.